The zero-order valence-electron chi connectivity index (χ0n) is 11.8. The Balaban J connectivity index is 1.85. The molecule has 7 heteroatoms. The van der Waals surface area contributed by atoms with E-state index in [4.69, 9.17) is 21.1 Å². The molecule has 2 atom stereocenters. The Morgan fingerprint density at radius 3 is 2.40 bits per heavy atom. The van der Waals surface area contributed by atoms with Gasteiger partial charge in [-0.1, -0.05) is 0 Å². The number of hydrogen-bond donors (Lipinski definition) is 0. The average Bonchev–Trinajstić information content (AvgIpc) is 3.07. The third-order valence-corrected chi connectivity index (χ3v) is 5.30. The Morgan fingerprint density at radius 1 is 1.45 bits per heavy atom. The van der Waals surface area contributed by atoms with Gasteiger partial charge < -0.3 is 9.47 Å². The average molecular weight is 305 g/mol. The summed E-state index contributed by atoms with van der Waals surface area (Å²) in [7, 11) is 2.79. The third-order valence-electron chi connectivity index (χ3n) is 4.75. The molecule has 2 aliphatic carbocycles. The summed E-state index contributed by atoms with van der Waals surface area (Å²) < 4.78 is 24.8. The number of amides is 1. The molecular formula is C13H18ClFN2O3. The molecule has 0 radical (unpaired) electrons. The van der Waals surface area contributed by atoms with E-state index in [9.17, 15) is 9.18 Å². The van der Waals surface area contributed by atoms with Gasteiger partial charge in [0.25, 0.3) is 0 Å². The standard InChI is InChI=1S/C13H18ClFN2O3/c1-8(18)17-11(4-5-11)6-9(16-17)12(14)7-13(19-2,20-3)10(12)15/h10H,4-7H2,1-3H3. The minimum atomic E-state index is -1.51. The molecule has 0 aromatic carbocycles. The van der Waals surface area contributed by atoms with E-state index in [2.05, 4.69) is 5.10 Å². The van der Waals surface area contributed by atoms with Gasteiger partial charge in [0.2, 0.25) is 11.7 Å². The Kier molecular flexibility index (Phi) is 2.95. The second-order valence-corrected chi connectivity index (χ2v) is 6.57. The van der Waals surface area contributed by atoms with Crippen LogP contribution in [-0.4, -0.2) is 53.2 Å². The Bertz CT molecular complexity index is 490. The van der Waals surface area contributed by atoms with Crippen molar-refractivity contribution in [3.8, 4) is 0 Å². The van der Waals surface area contributed by atoms with Gasteiger partial charge in [-0.2, -0.15) is 5.10 Å². The minimum absolute atomic E-state index is 0.128. The van der Waals surface area contributed by atoms with Crippen LogP contribution in [0.4, 0.5) is 4.39 Å². The van der Waals surface area contributed by atoms with Gasteiger partial charge in [0, 0.05) is 34.0 Å². The van der Waals surface area contributed by atoms with Crippen LogP contribution in [0.1, 0.15) is 32.6 Å². The molecule has 0 bridgehead atoms. The number of halogens is 2. The van der Waals surface area contributed by atoms with Crippen molar-refractivity contribution in [3.05, 3.63) is 0 Å². The molecule has 2 saturated carbocycles. The molecule has 2 unspecified atom stereocenters. The van der Waals surface area contributed by atoms with Crippen molar-refractivity contribution >= 4 is 23.2 Å². The van der Waals surface area contributed by atoms with E-state index in [0.717, 1.165) is 12.8 Å². The minimum Gasteiger partial charge on any atom is -0.350 e. The lowest BCUT2D eigenvalue weighted by Crippen LogP contribution is -2.70. The molecule has 1 heterocycles. The second kappa shape index (κ2) is 4.15. The molecule has 3 rings (SSSR count). The van der Waals surface area contributed by atoms with Crippen LogP contribution < -0.4 is 0 Å². The third kappa shape index (κ3) is 1.61. The lowest BCUT2D eigenvalue weighted by molar-refractivity contribution is -0.294. The first kappa shape index (κ1) is 14.2. The van der Waals surface area contributed by atoms with Crippen molar-refractivity contribution in [2.24, 2.45) is 5.10 Å². The van der Waals surface area contributed by atoms with Crippen molar-refractivity contribution in [2.75, 3.05) is 14.2 Å². The molecule has 1 aliphatic heterocycles. The van der Waals surface area contributed by atoms with E-state index in [1.807, 2.05) is 0 Å². The number of alkyl halides is 2. The maximum absolute atomic E-state index is 14.6. The Morgan fingerprint density at radius 2 is 2.05 bits per heavy atom. The molecule has 3 aliphatic rings. The smallest absolute Gasteiger partial charge is 0.240 e. The molecule has 0 aromatic heterocycles. The summed E-state index contributed by atoms with van der Waals surface area (Å²) in [5.74, 6) is -1.43. The topological polar surface area (TPSA) is 51.1 Å². The second-order valence-electron chi connectivity index (χ2n) is 5.90. The van der Waals surface area contributed by atoms with Crippen LogP contribution in [0.3, 0.4) is 0 Å². The SMILES string of the molecule is COC1(OC)CC(Cl)(C2=NN(C(C)=O)C3(CC3)C2)C1F. The molecule has 112 valence electrons. The maximum atomic E-state index is 14.6. The van der Waals surface area contributed by atoms with Gasteiger partial charge in [0.05, 0.1) is 11.3 Å². The highest BCUT2D eigenvalue weighted by atomic mass is 35.5. The van der Waals surface area contributed by atoms with E-state index in [1.165, 1.54) is 26.2 Å². The quantitative estimate of drug-likeness (QED) is 0.590. The number of hydrogen-bond acceptors (Lipinski definition) is 4. The summed E-state index contributed by atoms with van der Waals surface area (Å²) in [6.45, 7) is 1.47. The molecule has 0 saturated heterocycles. The van der Waals surface area contributed by atoms with E-state index in [-0.39, 0.29) is 17.9 Å². The van der Waals surface area contributed by atoms with Crippen molar-refractivity contribution in [1.29, 1.82) is 0 Å². The first-order chi connectivity index (χ1) is 9.33. The highest BCUT2D eigenvalue weighted by Gasteiger charge is 2.70. The summed E-state index contributed by atoms with van der Waals surface area (Å²) in [4.78, 5) is 10.4. The molecule has 1 spiro atoms. The maximum Gasteiger partial charge on any atom is 0.240 e. The van der Waals surface area contributed by atoms with Gasteiger partial charge in [-0.15, -0.1) is 11.6 Å². The van der Waals surface area contributed by atoms with Gasteiger partial charge >= 0.3 is 0 Å². The van der Waals surface area contributed by atoms with E-state index in [1.54, 1.807) is 0 Å². The van der Waals surface area contributed by atoms with Crippen molar-refractivity contribution in [1.82, 2.24) is 5.01 Å². The summed E-state index contributed by atoms with van der Waals surface area (Å²) in [5.41, 5.74) is 0.283. The van der Waals surface area contributed by atoms with Gasteiger partial charge in [-0.05, 0) is 12.8 Å². The molecule has 1 amide bonds. The number of hydrazone groups is 1. The van der Waals surface area contributed by atoms with Crippen molar-refractivity contribution in [3.63, 3.8) is 0 Å². The summed E-state index contributed by atoms with van der Waals surface area (Å²) >= 11 is 6.43. The predicted molar refractivity (Wildman–Crippen MR) is 71.4 cm³/mol. The summed E-state index contributed by atoms with van der Waals surface area (Å²) in [6.07, 6.45) is 1.01. The fraction of sp³-hybridized carbons (Fsp3) is 0.846. The van der Waals surface area contributed by atoms with Crippen molar-refractivity contribution < 1.29 is 18.7 Å². The first-order valence-electron chi connectivity index (χ1n) is 6.66. The number of ether oxygens (including phenoxy) is 2. The summed E-state index contributed by atoms with van der Waals surface area (Å²) in [6, 6.07) is 0. The number of nitrogens with zero attached hydrogens (tertiary/aromatic N) is 2. The lowest BCUT2D eigenvalue weighted by atomic mass is 9.71. The molecule has 5 nitrogen and oxygen atoms in total. The van der Waals surface area contributed by atoms with Gasteiger partial charge in [-0.3, -0.25) is 4.79 Å². The predicted octanol–water partition coefficient (Wildman–Crippen LogP) is 1.84. The highest BCUT2D eigenvalue weighted by Crippen LogP contribution is 2.57. The van der Waals surface area contributed by atoms with Gasteiger partial charge in [0.15, 0.2) is 6.17 Å². The van der Waals surface area contributed by atoms with Crippen LogP contribution in [0.2, 0.25) is 0 Å². The van der Waals surface area contributed by atoms with E-state index < -0.39 is 16.8 Å². The molecule has 0 N–H and O–H groups in total. The Hall–Kier alpha value is -0.720. The molecular weight excluding hydrogens is 287 g/mol. The van der Waals surface area contributed by atoms with Crippen molar-refractivity contribution in [2.45, 2.75) is 55.0 Å². The van der Waals surface area contributed by atoms with E-state index in [0.29, 0.717) is 12.1 Å². The molecule has 0 aromatic rings. The van der Waals surface area contributed by atoms with Crippen LogP contribution in [0.5, 0.6) is 0 Å². The largest absolute Gasteiger partial charge is 0.350 e. The fourth-order valence-electron chi connectivity index (χ4n) is 3.25. The molecule has 2 fully saturated rings. The number of carbonyl (C=O) groups excluding carboxylic acids is 1. The normalized spacial score (nSPS) is 36.8. The van der Waals surface area contributed by atoms with Crippen LogP contribution in [0, 0.1) is 0 Å². The highest BCUT2D eigenvalue weighted by molar-refractivity contribution is 6.38. The van der Waals surface area contributed by atoms with Crippen LogP contribution in [0.15, 0.2) is 5.10 Å². The zero-order valence-corrected chi connectivity index (χ0v) is 12.5. The number of rotatable bonds is 3. The first-order valence-corrected chi connectivity index (χ1v) is 7.03. The fourth-order valence-corrected chi connectivity index (χ4v) is 3.71. The van der Waals surface area contributed by atoms with E-state index >= 15 is 0 Å². The van der Waals surface area contributed by atoms with Crippen LogP contribution in [0.25, 0.3) is 0 Å². The summed E-state index contributed by atoms with van der Waals surface area (Å²) in [5, 5.41) is 5.77. The Labute approximate surface area is 122 Å². The van der Waals surface area contributed by atoms with Crippen LogP contribution >= 0.6 is 11.6 Å². The van der Waals surface area contributed by atoms with Crippen LogP contribution in [-0.2, 0) is 14.3 Å². The molecule has 20 heavy (non-hydrogen) atoms. The van der Waals surface area contributed by atoms with Gasteiger partial charge in [0.1, 0.15) is 4.87 Å². The lowest BCUT2D eigenvalue weighted by Gasteiger charge is -2.53. The number of methoxy groups -OCH3 is 2. The number of carbonyl (C=O) groups is 1. The zero-order chi connectivity index (χ0) is 14.8. The van der Waals surface area contributed by atoms with Gasteiger partial charge in [-0.25, -0.2) is 9.40 Å². The monoisotopic (exact) mass is 304 g/mol.